The van der Waals surface area contributed by atoms with Crippen LogP contribution >= 0.6 is 0 Å². The molecule has 0 saturated heterocycles. The van der Waals surface area contributed by atoms with E-state index in [1.54, 1.807) is 0 Å². The predicted molar refractivity (Wildman–Crippen MR) is 35.9 cm³/mol. The van der Waals surface area contributed by atoms with Gasteiger partial charge in [0.2, 0.25) is 0 Å². The van der Waals surface area contributed by atoms with Crippen LogP contribution in [-0.2, 0) is 0 Å². The summed E-state index contributed by atoms with van der Waals surface area (Å²) in [7, 11) is 0. The minimum Gasteiger partial charge on any atom is -0.402 e. The van der Waals surface area contributed by atoms with Crippen molar-refractivity contribution in [3.63, 3.8) is 0 Å². The van der Waals surface area contributed by atoms with Crippen LogP contribution in [-0.4, -0.2) is 12.3 Å². The van der Waals surface area contributed by atoms with E-state index in [1.165, 1.54) is 0 Å². The molecule has 0 saturated carbocycles. The molecule has 1 aliphatic rings. The van der Waals surface area contributed by atoms with Gasteiger partial charge in [0.1, 0.15) is 12.1 Å². The Kier molecular flexibility index (Phi) is 2.30. The van der Waals surface area contributed by atoms with Gasteiger partial charge in [0, 0.05) is 5.70 Å². The third-order valence-corrected chi connectivity index (χ3v) is 1.87. The smallest absolute Gasteiger partial charge is 0.398 e. The van der Waals surface area contributed by atoms with Crippen LogP contribution < -0.4 is 5.73 Å². The van der Waals surface area contributed by atoms with Crippen LogP contribution in [0.5, 0.6) is 0 Å². The molecule has 0 amide bonds. The fraction of sp³-hybridized carbons (Fsp3) is 0.714. The second-order valence-corrected chi connectivity index (χ2v) is 2.86. The van der Waals surface area contributed by atoms with E-state index in [0.717, 1.165) is 6.08 Å². The van der Waals surface area contributed by atoms with Crippen molar-refractivity contribution in [1.82, 2.24) is 0 Å². The molecule has 1 nitrogen and oxygen atoms in total. The summed E-state index contributed by atoms with van der Waals surface area (Å²) in [5.74, 6) is -2.01. The maximum atomic E-state index is 12.7. The highest BCUT2D eigenvalue weighted by molar-refractivity contribution is 5.08. The molecule has 0 aromatic rings. The molecular formula is C7H9F4N. The van der Waals surface area contributed by atoms with Crippen molar-refractivity contribution in [2.75, 3.05) is 0 Å². The van der Waals surface area contributed by atoms with Gasteiger partial charge in [-0.25, -0.2) is 4.39 Å². The molecule has 0 fully saturated rings. The first kappa shape index (κ1) is 9.35. The average molecular weight is 183 g/mol. The molecule has 2 unspecified atom stereocenters. The highest BCUT2D eigenvalue weighted by atomic mass is 19.4. The normalized spacial score (nSPS) is 31.5. The van der Waals surface area contributed by atoms with E-state index in [1.807, 2.05) is 0 Å². The van der Waals surface area contributed by atoms with Gasteiger partial charge in [-0.15, -0.1) is 0 Å². The zero-order chi connectivity index (χ0) is 9.35. The molecule has 70 valence electrons. The molecule has 0 radical (unpaired) electrons. The molecular weight excluding hydrogens is 174 g/mol. The molecule has 2 atom stereocenters. The Morgan fingerprint density at radius 3 is 2.42 bits per heavy atom. The molecule has 0 aliphatic heterocycles. The lowest BCUT2D eigenvalue weighted by Crippen LogP contribution is -2.33. The summed E-state index contributed by atoms with van der Waals surface area (Å²) in [5, 5.41) is 0. The lowest BCUT2D eigenvalue weighted by Gasteiger charge is -2.25. The number of allylic oxidation sites excluding steroid dienone is 2. The van der Waals surface area contributed by atoms with E-state index < -0.39 is 18.3 Å². The topological polar surface area (TPSA) is 26.0 Å². The molecule has 0 aromatic carbocycles. The average Bonchev–Trinajstić information content (AvgIpc) is 1.92. The van der Waals surface area contributed by atoms with Gasteiger partial charge < -0.3 is 5.73 Å². The Morgan fingerprint density at radius 2 is 2.00 bits per heavy atom. The standard InChI is InChI=1S/C7H9F4N/c8-6-2-1-4(12)3-5(6)7(9,10)11/h3,5-6H,1-2,12H2. The maximum Gasteiger partial charge on any atom is 0.398 e. The zero-order valence-electron chi connectivity index (χ0n) is 6.24. The second kappa shape index (κ2) is 2.95. The van der Waals surface area contributed by atoms with Crippen molar-refractivity contribution < 1.29 is 17.6 Å². The van der Waals surface area contributed by atoms with E-state index in [-0.39, 0.29) is 18.5 Å². The Hall–Kier alpha value is -0.740. The zero-order valence-corrected chi connectivity index (χ0v) is 6.24. The van der Waals surface area contributed by atoms with Gasteiger partial charge in [-0.05, 0) is 12.8 Å². The van der Waals surface area contributed by atoms with Crippen molar-refractivity contribution in [3.8, 4) is 0 Å². The van der Waals surface area contributed by atoms with Gasteiger partial charge >= 0.3 is 6.18 Å². The first-order valence-corrected chi connectivity index (χ1v) is 3.58. The van der Waals surface area contributed by atoms with E-state index in [2.05, 4.69) is 0 Å². The minimum atomic E-state index is -4.51. The van der Waals surface area contributed by atoms with Crippen LogP contribution in [0.15, 0.2) is 11.8 Å². The molecule has 1 aliphatic carbocycles. The Balaban J connectivity index is 2.80. The summed E-state index contributed by atoms with van der Waals surface area (Å²) in [6.45, 7) is 0. The maximum absolute atomic E-state index is 12.7. The van der Waals surface area contributed by atoms with Crippen molar-refractivity contribution >= 4 is 0 Å². The van der Waals surface area contributed by atoms with Crippen LogP contribution in [0.2, 0.25) is 0 Å². The summed E-state index contributed by atoms with van der Waals surface area (Å²) in [6.07, 6.45) is -5.49. The van der Waals surface area contributed by atoms with E-state index in [0.29, 0.717) is 0 Å². The van der Waals surface area contributed by atoms with Crippen molar-refractivity contribution in [3.05, 3.63) is 11.8 Å². The van der Waals surface area contributed by atoms with Crippen molar-refractivity contribution in [2.24, 2.45) is 11.7 Å². The van der Waals surface area contributed by atoms with Gasteiger partial charge in [-0.1, -0.05) is 6.08 Å². The molecule has 0 bridgehead atoms. The lowest BCUT2D eigenvalue weighted by atomic mass is 9.91. The first-order chi connectivity index (χ1) is 5.41. The van der Waals surface area contributed by atoms with Gasteiger partial charge in [0.25, 0.3) is 0 Å². The number of nitrogens with two attached hydrogens (primary N) is 1. The van der Waals surface area contributed by atoms with E-state index in [9.17, 15) is 17.6 Å². The summed E-state index contributed by atoms with van der Waals surface area (Å²) in [5.41, 5.74) is 5.31. The van der Waals surface area contributed by atoms with Crippen molar-refractivity contribution in [2.45, 2.75) is 25.2 Å². The largest absolute Gasteiger partial charge is 0.402 e. The SMILES string of the molecule is NC1=CC(C(F)(F)F)C(F)CC1. The monoisotopic (exact) mass is 183 g/mol. The van der Waals surface area contributed by atoms with E-state index in [4.69, 9.17) is 5.73 Å². The predicted octanol–water partition coefficient (Wildman–Crippen LogP) is 2.14. The lowest BCUT2D eigenvalue weighted by molar-refractivity contribution is -0.178. The molecule has 1 rings (SSSR count). The Morgan fingerprint density at radius 1 is 1.42 bits per heavy atom. The molecule has 0 heterocycles. The fourth-order valence-electron chi connectivity index (χ4n) is 1.20. The number of alkyl halides is 4. The quantitative estimate of drug-likeness (QED) is 0.572. The number of halogens is 4. The first-order valence-electron chi connectivity index (χ1n) is 3.58. The summed E-state index contributed by atoms with van der Waals surface area (Å²) in [6, 6.07) is 0. The fourth-order valence-corrected chi connectivity index (χ4v) is 1.20. The molecule has 0 spiro atoms. The van der Waals surface area contributed by atoms with Crippen LogP contribution in [0.1, 0.15) is 12.8 Å². The summed E-state index contributed by atoms with van der Waals surface area (Å²) >= 11 is 0. The third-order valence-electron chi connectivity index (χ3n) is 1.87. The highest BCUT2D eigenvalue weighted by Crippen LogP contribution is 2.36. The van der Waals surface area contributed by atoms with Crippen LogP contribution in [0, 0.1) is 5.92 Å². The van der Waals surface area contributed by atoms with Gasteiger partial charge in [-0.2, -0.15) is 13.2 Å². The highest BCUT2D eigenvalue weighted by Gasteiger charge is 2.45. The van der Waals surface area contributed by atoms with Crippen LogP contribution in [0.4, 0.5) is 17.6 Å². The van der Waals surface area contributed by atoms with Gasteiger partial charge in [0.15, 0.2) is 0 Å². The number of rotatable bonds is 0. The Bertz CT molecular complexity index is 196. The summed E-state index contributed by atoms with van der Waals surface area (Å²) < 4.78 is 48.8. The molecule has 5 heteroatoms. The van der Waals surface area contributed by atoms with Crippen LogP contribution in [0.25, 0.3) is 0 Å². The second-order valence-electron chi connectivity index (χ2n) is 2.86. The van der Waals surface area contributed by atoms with Crippen LogP contribution in [0.3, 0.4) is 0 Å². The number of hydrogen-bond acceptors (Lipinski definition) is 1. The minimum absolute atomic E-state index is 0.131. The van der Waals surface area contributed by atoms with Gasteiger partial charge in [-0.3, -0.25) is 0 Å². The van der Waals surface area contributed by atoms with Crippen molar-refractivity contribution in [1.29, 1.82) is 0 Å². The molecule has 0 aromatic heterocycles. The molecule has 2 N–H and O–H groups in total. The molecule has 12 heavy (non-hydrogen) atoms. The number of hydrogen-bond donors (Lipinski definition) is 1. The Labute approximate surface area is 67.2 Å². The third kappa shape index (κ3) is 1.89. The van der Waals surface area contributed by atoms with Gasteiger partial charge in [0.05, 0.1) is 0 Å². The van der Waals surface area contributed by atoms with E-state index >= 15 is 0 Å². The summed E-state index contributed by atoms with van der Waals surface area (Å²) in [4.78, 5) is 0.